The van der Waals surface area contributed by atoms with Gasteiger partial charge in [-0.2, -0.15) is 0 Å². The topological polar surface area (TPSA) is 99.4 Å². The lowest BCUT2D eigenvalue weighted by molar-refractivity contribution is -0.177. The third kappa shape index (κ3) is 4.27. The maximum Gasteiger partial charge on any atom is 0.201 e. The number of phenols is 3. The Kier molecular flexibility index (Phi) is 6.45. The highest BCUT2D eigenvalue weighted by Gasteiger charge is 2.48. The zero-order chi connectivity index (χ0) is 24.9. The Morgan fingerprint density at radius 1 is 1.09 bits per heavy atom. The van der Waals surface area contributed by atoms with Crippen molar-refractivity contribution >= 4 is 6.08 Å². The van der Waals surface area contributed by atoms with Gasteiger partial charge in [-0.3, -0.25) is 0 Å². The van der Waals surface area contributed by atoms with Crippen LogP contribution in [0.25, 0.3) is 6.08 Å². The van der Waals surface area contributed by atoms with Crippen LogP contribution >= 0.6 is 0 Å². The number of phenolic OH excluding ortho intramolecular Hbond substituents is 3. The van der Waals surface area contributed by atoms with Gasteiger partial charge in [0.25, 0.3) is 0 Å². The van der Waals surface area contributed by atoms with Crippen LogP contribution in [0.15, 0.2) is 30.3 Å². The summed E-state index contributed by atoms with van der Waals surface area (Å²) in [4.78, 5) is 0. The molecule has 2 fully saturated rings. The minimum atomic E-state index is -0.549. The number of hydrogen-bond donors (Lipinski definition) is 4. The van der Waals surface area contributed by atoms with Gasteiger partial charge in [-0.25, -0.2) is 0 Å². The van der Waals surface area contributed by atoms with Crippen LogP contribution in [0.5, 0.6) is 23.0 Å². The molecule has 0 radical (unpaired) electrons. The molecular formula is C29H36O6. The molecule has 0 spiro atoms. The van der Waals surface area contributed by atoms with Gasteiger partial charge in [0.15, 0.2) is 11.5 Å². The fourth-order valence-corrected chi connectivity index (χ4v) is 6.23. The van der Waals surface area contributed by atoms with Crippen molar-refractivity contribution in [2.45, 2.75) is 70.2 Å². The molecule has 0 amide bonds. The number of rotatable bonds is 5. The fourth-order valence-electron chi connectivity index (χ4n) is 6.23. The van der Waals surface area contributed by atoms with Gasteiger partial charge in [-0.1, -0.05) is 38.1 Å². The van der Waals surface area contributed by atoms with Crippen molar-refractivity contribution in [2.75, 3.05) is 7.11 Å². The number of ether oxygens (including phenoxy) is 2. The van der Waals surface area contributed by atoms with Crippen molar-refractivity contribution in [3.63, 3.8) is 0 Å². The zero-order valence-electron chi connectivity index (χ0n) is 20.6. The van der Waals surface area contributed by atoms with Crippen LogP contribution in [0.2, 0.25) is 0 Å². The average Bonchev–Trinajstić information content (AvgIpc) is 2.84. The van der Waals surface area contributed by atoms with Crippen LogP contribution < -0.4 is 4.74 Å². The Balaban J connectivity index is 1.40. The standard InChI is InChI=1S/C29H36O6/c1-15(2)4-5-18-12-16(7-11-23(18)30)17-6-8-20-25(13-17)35-28-21(26(20)32)10-9-19-22(28)14-24(31)27(33)29(19)34-3/h7,9-12,14-15,17,20-21,25-26,28,30-33H,4-6,8,13H2,1-3H3/t17-,20-,21-,25-,26+,28+/m0/s1. The van der Waals surface area contributed by atoms with Crippen molar-refractivity contribution < 1.29 is 29.9 Å². The number of aryl methyl sites for hydroxylation is 1. The Hall–Kier alpha value is -2.70. The van der Waals surface area contributed by atoms with Crippen molar-refractivity contribution in [3.05, 3.63) is 52.6 Å². The largest absolute Gasteiger partial charge is 0.508 e. The molecule has 3 aliphatic rings. The van der Waals surface area contributed by atoms with Gasteiger partial charge in [0.1, 0.15) is 5.75 Å². The number of aromatic hydroxyl groups is 3. The smallest absolute Gasteiger partial charge is 0.201 e. The average molecular weight is 481 g/mol. The first-order chi connectivity index (χ1) is 16.8. The Bertz CT molecular complexity index is 1120. The van der Waals surface area contributed by atoms with Gasteiger partial charge in [0.2, 0.25) is 5.75 Å². The first kappa shape index (κ1) is 24.0. The Morgan fingerprint density at radius 3 is 2.63 bits per heavy atom. The van der Waals surface area contributed by atoms with Crippen molar-refractivity contribution in [3.8, 4) is 23.0 Å². The van der Waals surface area contributed by atoms with Gasteiger partial charge in [0.05, 0.1) is 25.4 Å². The molecule has 0 aromatic heterocycles. The van der Waals surface area contributed by atoms with E-state index in [1.54, 1.807) is 0 Å². The molecule has 4 N–H and O–H groups in total. The molecule has 1 saturated heterocycles. The van der Waals surface area contributed by atoms with Crippen LogP contribution in [0.3, 0.4) is 0 Å². The van der Waals surface area contributed by atoms with Crippen LogP contribution in [-0.4, -0.2) is 39.7 Å². The summed E-state index contributed by atoms with van der Waals surface area (Å²) < 4.78 is 12.0. The van der Waals surface area contributed by atoms with Gasteiger partial charge >= 0.3 is 0 Å². The quantitative estimate of drug-likeness (QED) is 0.426. The van der Waals surface area contributed by atoms with Crippen LogP contribution in [0.1, 0.15) is 73.8 Å². The highest BCUT2D eigenvalue weighted by atomic mass is 16.5. The van der Waals surface area contributed by atoms with Gasteiger partial charge in [0, 0.05) is 17.4 Å². The molecule has 6 atom stereocenters. The molecule has 1 aliphatic heterocycles. The number of fused-ring (bicyclic) bond motifs is 4. The molecule has 5 rings (SSSR count). The molecular weight excluding hydrogens is 444 g/mol. The van der Waals surface area contributed by atoms with E-state index in [2.05, 4.69) is 19.9 Å². The van der Waals surface area contributed by atoms with E-state index in [0.717, 1.165) is 43.2 Å². The second kappa shape index (κ2) is 9.40. The first-order valence-corrected chi connectivity index (χ1v) is 12.7. The number of aliphatic hydroxyl groups is 1. The molecule has 1 saturated carbocycles. The maximum absolute atomic E-state index is 11.3. The monoisotopic (exact) mass is 480 g/mol. The summed E-state index contributed by atoms with van der Waals surface area (Å²) in [6.45, 7) is 4.38. The van der Waals surface area contributed by atoms with Crippen LogP contribution in [0, 0.1) is 17.8 Å². The van der Waals surface area contributed by atoms with Crippen molar-refractivity contribution in [1.29, 1.82) is 0 Å². The second-order valence-electron chi connectivity index (χ2n) is 10.8. The molecule has 0 bridgehead atoms. The Morgan fingerprint density at radius 2 is 1.89 bits per heavy atom. The predicted molar refractivity (Wildman–Crippen MR) is 134 cm³/mol. The molecule has 188 valence electrons. The van der Waals surface area contributed by atoms with E-state index >= 15 is 0 Å². The van der Waals surface area contributed by atoms with E-state index < -0.39 is 12.2 Å². The van der Waals surface area contributed by atoms with E-state index in [1.807, 2.05) is 24.3 Å². The number of aliphatic hydroxyl groups excluding tert-OH is 1. The maximum atomic E-state index is 11.3. The lowest BCUT2D eigenvalue weighted by Gasteiger charge is -2.49. The molecule has 0 unspecified atom stereocenters. The summed E-state index contributed by atoms with van der Waals surface area (Å²) in [7, 11) is 1.46. The van der Waals surface area contributed by atoms with E-state index in [4.69, 9.17) is 9.47 Å². The van der Waals surface area contributed by atoms with E-state index in [-0.39, 0.29) is 35.2 Å². The molecule has 35 heavy (non-hydrogen) atoms. The zero-order valence-corrected chi connectivity index (χ0v) is 20.6. The normalized spacial score (nSPS) is 29.4. The minimum Gasteiger partial charge on any atom is -0.508 e. The van der Waals surface area contributed by atoms with E-state index in [0.29, 0.717) is 23.1 Å². The highest BCUT2D eigenvalue weighted by Crippen LogP contribution is 2.54. The summed E-state index contributed by atoms with van der Waals surface area (Å²) >= 11 is 0. The van der Waals surface area contributed by atoms with E-state index in [9.17, 15) is 20.4 Å². The van der Waals surface area contributed by atoms with Crippen LogP contribution in [-0.2, 0) is 11.2 Å². The number of methoxy groups -OCH3 is 1. The lowest BCUT2D eigenvalue weighted by Crippen LogP contribution is -2.49. The SMILES string of the molecule is COc1c(O)c(O)cc2c1C=C[C@H]1[C@H](O)[C@H]3CC[C@H](c4ccc(O)c(CCC(C)C)c4)C[C@@H]3O[C@@H]21. The van der Waals surface area contributed by atoms with Gasteiger partial charge < -0.3 is 29.9 Å². The summed E-state index contributed by atoms with van der Waals surface area (Å²) in [6.07, 6.45) is 7.21. The highest BCUT2D eigenvalue weighted by molar-refractivity contribution is 5.71. The van der Waals surface area contributed by atoms with Crippen LogP contribution in [0.4, 0.5) is 0 Å². The minimum absolute atomic E-state index is 0.0452. The molecule has 2 aliphatic carbocycles. The number of benzene rings is 2. The fraction of sp³-hybridized carbons (Fsp3) is 0.517. The summed E-state index contributed by atoms with van der Waals surface area (Å²) in [5.74, 6) is 0.725. The molecule has 1 heterocycles. The van der Waals surface area contributed by atoms with Crippen molar-refractivity contribution in [1.82, 2.24) is 0 Å². The third-order valence-electron chi connectivity index (χ3n) is 8.21. The summed E-state index contributed by atoms with van der Waals surface area (Å²) in [5, 5.41) is 42.2. The van der Waals surface area contributed by atoms with Gasteiger partial charge in [-0.15, -0.1) is 0 Å². The molecule has 2 aromatic rings. The summed E-state index contributed by atoms with van der Waals surface area (Å²) in [5.41, 5.74) is 3.62. The number of hydrogen-bond acceptors (Lipinski definition) is 6. The Labute approximate surface area is 206 Å². The van der Waals surface area contributed by atoms with Gasteiger partial charge in [-0.05, 0) is 72.8 Å². The summed E-state index contributed by atoms with van der Waals surface area (Å²) in [6, 6.07) is 7.51. The third-order valence-corrected chi connectivity index (χ3v) is 8.21. The molecule has 6 nitrogen and oxygen atoms in total. The molecule has 6 heteroatoms. The van der Waals surface area contributed by atoms with E-state index in [1.165, 1.54) is 18.7 Å². The first-order valence-electron chi connectivity index (χ1n) is 12.7. The lowest BCUT2D eigenvalue weighted by atomic mass is 9.67. The predicted octanol–water partition coefficient (Wildman–Crippen LogP) is 5.43. The van der Waals surface area contributed by atoms with Crippen molar-refractivity contribution in [2.24, 2.45) is 17.8 Å². The second-order valence-corrected chi connectivity index (χ2v) is 10.8. The molecule has 2 aromatic carbocycles.